The molecule has 4 nitrogen and oxygen atoms in total. The van der Waals surface area contributed by atoms with Gasteiger partial charge in [-0.05, 0) is 45.7 Å². The molecule has 2 unspecified atom stereocenters. The standard InChI is InChI=1S/C11H19N2O2.Al.2H/c1-11(2,3)15-10(14)13-6-8-4-12-5-9(8)7-13;;;/h8-9H,4-7H2,1-3H3;;;/q-1;+1;;. The van der Waals surface area contributed by atoms with Crippen LogP contribution in [0.1, 0.15) is 20.8 Å². The van der Waals surface area contributed by atoms with Crippen molar-refractivity contribution in [1.82, 2.24) is 8.78 Å². The third-order valence-corrected chi connectivity index (χ3v) is 4.05. The molecule has 0 aromatic rings. The lowest BCUT2D eigenvalue weighted by molar-refractivity contribution is 0.0278. The maximum atomic E-state index is 11.9. The van der Waals surface area contributed by atoms with E-state index < -0.39 is 0 Å². The van der Waals surface area contributed by atoms with Gasteiger partial charge in [0.25, 0.3) is 0 Å². The largest absolute Gasteiger partial charge is 0.444 e. The number of fused-ring (bicyclic) bond motifs is 1. The molecule has 2 rings (SSSR count). The monoisotopic (exact) mass is 240 g/mol. The van der Waals surface area contributed by atoms with Crippen molar-refractivity contribution in [3.63, 3.8) is 0 Å². The number of carbonyl (C=O) groups is 1. The van der Waals surface area contributed by atoms with Gasteiger partial charge in [-0.25, -0.2) is 4.79 Å². The molecular weight excluding hydrogens is 219 g/mol. The smallest absolute Gasteiger partial charge is 0.410 e. The number of hydrogen-bond acceptors (Lipinski definition) is 3. The minimum absolute atomic E-state index is 0.137. The summed E-state index contributed by atoms with van der Waals surface area (Å²) in [6.07, 6.45) is -0.137. The van der Waals surface area contributed by atoms with E-state index in [9.17, 15) is 4.79 Å². The van der Waals surface area contributed by atoms with Gasteiger partial charge in [0.15, 0.2) is 0 Å². The van der Waals surface area contributed by atoms with Crippen molar-refractivity contribution < 1.29 is 9.53 Å². The van der Waals surface area contributed by atoms with Gasteiger partial charge in [0.2, 0.25) is 0 Å². The molecule has 0 saturated carbocycles. The van der Waals surface area contributed by atoms with E-state index in [1.54, 1.807) is 0 Å². The van der Waals surface area contributed by atoms with Gasteiger partial charge in [-0.15, -0.1) is 0 Å². The second kappa shape index (κ2) is 4.21. The molecule has 0 radical (unpaired) electrons. The topological polar surface area (TPSA) is 32.8 Å². The number of hydrogen-bond donors (Lipinski definition) is 0. The minimum atomic E-state index is -0.376. The van der Waals surface area contributed by atoms with Crippen LogP contribution in [0.25, 0.3) is 0 Å². The minimum Gasteiger partial charge on any atom is -0.444 e. The van der Waals surface area contributed by atoms with E-state index in [1.807, 2.05) is 25.7 Å². The van der Waals surface area contributed by atoms with Crippen molar-refractivity contribution >= 4 is 22.6 Å². The Morgan fingerprint density at radius 3 is 2.12 bits per heavy atom. The van der Waals surface area contributed by atoms with Gasteiger partial charge in [-0.2, -0.15) is 0 Å². The highest BCUT2D eigenvalue weighted by Gasteiger charge is 2.40. The number of nitrogens with zero attached hydrogens (tertiary/aromatic N) is 2. The number of rotatable bonds is 0. The second-order valence-electron chi connectivity index (χ2n) is 6.13. The van der Waals surface area contributed by atoms with Crippen molar-refractivity contribution in [2.75, 3.05) is 26.2 Å². The lowest BCUT2D eigenvalue weighted by atomic mass is 10.0. The molecule has 1 amide bonds. The quantitative estimate of drug-likeness (QED) is 0.572. The fraction of sp³-hybridized carbons (Fsp3) is 0.909. The predicted octanol–water partition coefficient (Wildman–Crippen LogP) is 0.333. The Kier molecular flexibility index (Phi) is 3.22. The highest BCUT2D eigenvalue weighted by Crippen LogP contribution is 2.30. The molecule has 2 aliphatic rings. The zero-order chi connectivity index (χ0) is 11.9. The Balaban J connectivity index is 1.88. The first-order chi connectivity index (χ1) is 7.35. The van der Waals surface area contributed by atoms with Crippen LogP contribution in [0, 0.1) is 11.8 Å². The summed E-state index contributed by atoms with van der Waals surface area (Å²) < 4.78 is 7.88. The van der Waals surface area contributed by atoms with Crippen LogP contribution < -0.4 is 0 Å². The number of likely N-dealkylation sites (tertiary alicyclic amines) is 1. The number of amides is 1. The van der Waals surface area contributed by atoms with Gasteiger partial charge in [0.1, 0.15) is 5.60 Å². The van der Waals surface area contributed by atoms with Crippen LogP contribution in [0.5, 0.6) is 0 Å². The van der Waals surface area contributed by atoms with E-state index in [1.165, 1.54) is 13.1 Å². The first-order valence-electron chi connectivity index (χ1n) is 6.01. The molecule has 0 aromatic carbocycles. The van der Waals surface area contributed by atoms with E-state index in [4.69, 9.17) is 4.74 Å². The first-order valence-corrected chi connectivity index (χ1v) is 6.91. The molecule has 2 aliphatic heterocycles. The van der Waals surface area contributed by atoms with Gasteiger partial charge in [0.05, 0.1) is 0 Å². The molecule has 90 valence electrons. The van der Waals surface area contributed by atoms with Crippen LogP contribution in [0.3, 0.4) is 0 Å². The summed E-state index contributed by atoms with van der Waals surface area (Å²) in [6.45, 7) is 9.88. The first kappa shape index (κ1) is 12.2. The molecule has 0 aliphatic carbocycles. The Morgan fingerprint density at radius 2 is 1.69 bits per heavy atom. The molecule has 2 fully saturated rings. The summed E-state index contributed by atoms with van der Waals surface area (Å²) in [7, 11) is 0. The molecular formula is C11H21AlN2O2. The number of carbonyl (C=O) groups excluding carboxylic acids is 1. The van der Waals surface area contributed by atoms with Gasteiger partial charge < -0.3 is 13.5 Å². The zero-order valence-corrected chi connectivity index (χ0v) is 12.7. The van der Waals surface area contributed by atoms with Crippen LogP contribution in [-0.2, 0) is 4.74 Å². The lowest BCUT2D eigenvalue weighted by Gasteiger charge is -2.25. The average Bonchev–Trinajstić information content (AvgIpc) is 2.56. The van der Waals surface area contributed by atoms with Gasteiger partial charge in [-0.3, -0.25) is 0 Å². The normalized spacial score (nSPS) is 30.6. The van der Waals surface area contributed by atoms with Crippen LogP contribution >= 0.6 is 0 Å². The summed E-state index contributed by atoms with van der Waals surface area (Å²) in [5, 5.41) is 0. The van der Waals surface area contributed by atoms with Gasteiger partial charge in [0, 0.05) is 13.1 Å². The molecule has 5 heteroatoms. The summed E-state index contributed by atoms with van der Waals surface area (Å²) in [6, 6.07) is 0. The second-order valence-corrected chi connectivity index (χ2v) is 7.39. The van der Waals surface area contributed by atoms with Gasteiger partial charge in [-0.1, -0.05) is 0 Å². The maximum absolute atomic E-state index is 11.9. The summed E-state index contributed by atoms with van der Waals surface area (Å²) in [5.41, 5.74) is -0.376. The summed E-state index contributed by atoms with van der Waals surface area (Å²) >= 11 is 1.15. The highest BCUT2D eigenvalue weighted by atomic mass is 27.1. The lowest BCUT2D eigenvalue weighted by Crippen LogP contribution is -2.37. The van der Waals surface area contributed by atoms with E-state index in [2.05, 4.69) is 3.88 Å². The fourth-order valence-corrected chi connectivity index (χ4v) is 3.64. The Labute approximate surface area is 106 Å². The van der Waals surface area contributed by atoms with Gasteiger partial charge >= 0.3 is 22.6 Å². The van der Waals surface area contributed by atoms with Crippen molar-refractivity contribution in [1.29, 1.82) is 0 Å². The Bertz CT molecular complexity index is 276. The predicted molar refractivity (Wildman–Crippen MR) is 64.9 cm³/mol. The molecule has 0 spiro atoms. The van der Waals surface area contributed by atoms with E-state index in [0.29, 0.717) is 11.8 Å². The van der Waals surface area contributed by atoms with Crippen molar-refractivity contribution in [2.24, 2.45) is 11.8 Å². The van der Waals surface area contributed by atoms with Crippen molar-refractivity contribution in [3.05, 3.63) is 0 Å². The fourth-order valence-electron chi connectivity index (χ4n) is 2.70. The maximum Gasteiger partial charge on any atom is 0.410 e. The Hall–Kier alpha value is -0.238. The third kappa shape index (κ3) is 2.71. The highest BCUT2D eigenvalue weighted by molar-refractivity contribution is 6.04. The molecule has 2 atom stereocenters. The third-order valence-electron chi connectivity index (χ3n) is 3.32. The number of ether oxygens (including phenoxy) is 1. The van der Waals surface area contributed by atoms with E-state index in [0.717, 1.165) is 29.6 Å². The van der Waals surface area contributed by atoms with E-state index in [-0.39, 0.29) is 11.7 Å². The molecule has 0 N–H and O–H groups in total. The SMILES string of the molecule is CC(C)(C)OC(=O)N1CC2C[N]([AlH2])CC2C1. The molecule has 0 aromatic heterocycles. The molecule has 2 saturated heterocycles. The zero-order valence-electron chi connectivity index (χ0n) is 10.7. The molecule has 2 heterocycles. The van der Waals surface area contributed by atoms with Crippen LogP contribution in [0.2, 0.25) is 0 Å². The molecule has 0 bridgehead atoms. The molecule has 16 heavy (non-hydrogen) atoms. The van der Waals surface area contributed by atoms with Crippen molar-refractivity contribution in [2.45, 2.75) is 26.4 Å². The van der Waals surface area contributed by atoms with E-state index >= 15 is 0 Å². The summed E-state index contributed by atoms with van der Waals surface area (Å²) in [4.78, 5) is 13.8. The summed E-state index contributed by atoms with van der Waals surface area (Å²) in [5.74, 6) is 1.37. The van der Waals surface area contributed by atoms with Crippen LogP contribution in [-0.4, -0.2) is 63.2 Å². The average molecular weight is 240 g/mol. The van der Waals surface area contributed by atoms with Crippen LogP contribution in [0.4, 0.5) is 4.79 Å². The Morgan fingerprint density at radius 1 is 1.19 bits per heavy atom. The van der Waals surface area contributed by atoms with Crippen LogP contribution in [0.15, 0.2) is 0 Å². The van der Waals surface area contributed by atoms with Crippen molar-refractivity contribution in [3.8, 4) is 0 Å².